The molecule has 3 aromatic carbocycles. The maximum absolute atomic E-state index is 13.2. The van der Waals surface area contributed by atoms with Gasteiger partial charge in [0.1, 0.15) is 11.4 Å². The number of benzene rings is 3. The van der Waals surface area contributed by atoms with E-state index in [0.29, 0.717) is 52.3 Å². The maximum atomic E-state index is 13.2. The first kappa shape index (κ1) is 23.9. The Morgan fingerprint density at radius 2 is 1.71 bits per heavy atom. The van der Waals surface area contributed by atoms with Crippen LogP contribution >= 0.6 is 23.2 Å². The van der Waals surface area contributed by atoms with Crippen molar-refractivity contribution in [2.45, 2.75) is 30.7 Å². The lowest BCUT2D eigenvalue weighted by Gasteiger charge is -2.15. The van der Waals surface area contributed by atoms with Crippen LogP contribution in [0.25, 0.3) is 16.9 Å². The second-order valence-corrected chi connectivity index (χ2v) is 11.0. The van der Waals surface area contributed by atoms with E-state index in [1.807, 2.05) is 37.3 Å². The minimum Gasteiger partial charge on any atom is -0.489 e. The number of nitrogens with zero attached hydrogens (tertiary/aromatic N) is 2. The third-order valence-electron chi connectivity index (χ3n) is 5.91. The second kappa shape index (κ2) is 9.66. The molecule has 0 saturated heterocycles. The van der Waals surface area contributed by atoms with Crippen molar-refractivity contribution in [3.63, 3.8) is 0 Å². The summed E-state index contributed by atoms with van der Waals surface area (Å²) in [5.41, 5.74) is 3.68. The molecular weight excluding hydrogens is 505 g/mol. The molecule has 0 bridgehead atoms. The Labute approximate surface area is 214 Å². The number of para-hydroxylation sites is 1. The fourth-order valence-corrected chi connectivity index (χ4v) is 5.71. The highest BCUT2D eigenvalue weighted by Crippen LogP contribution is 2.42. The Bertz CT molecular complexity index is 1470. The Balaban J connectivity index is 1.65. The van der Waals surface area contributed by atoms with Gasteiger partial charge in [-0.1, -0.05) is 65.2 Å². The lowest BCUT2D eigenvalue weighted by atomic mass is 10.1. The molecule has 1 aliphatic heterocycles. The number of fused-ring (bicyclic) bond motifs is 1. The molecule has 6 nitrogen and oxygen atoms in total. The van der Waals surface area contributed by atoms with Gasteiger partial charge in [0.25, 0.3) is 0 Å². The second-order valence-electron chi connectivity index (χ2n) is 8.41. The van der Waals surface area contributed by atoms with E-state index in [0.717, 1.165) is 11.1 Å². The zero-order valence-electron chi connectivity index (χ0n) is 18.9. The Hall–Kier alpha value is -2.84. The number of ether oxygens (including phenoxy) is 1. The van der Waals surface area contributed by atoms with Crippen LogP contribution in [0.1, 0.15) is 30.1 Å². The SMILES string of the molecule is Cc1ccc(S(=O)(=O)NC2CCCOc3c2nn(-c2ccccc2Cl)c3-c2ccc(Cl)cc2)cc1. The number of hydrogen-bond acceptors (Lipinski definition) is 4. The van der Waals surface area contributed by atoms with Crippen molar-refractivity contribution in [2.24, 2.45) is 0 Å². The van der Waals surface area contributed by atoms with E-state index in [-0.39, 0.29) is 4.90 Å². The van der Waals surface area contributed by atoms with Crippen LogP contribution < -0.4 is 9.46 Å². The highest BCUT2D eigenvalue weighted by molar-refractivity contribution is 7.89. The lowest BCUT2D eigenvalue weighted by Crippen LogP contribution is -2.29. The number of hydrogen-bond donors (Lipinski definition) is 1. The van der Waals surface area contributed by atoms with Gasteiger partial charge in [-0.2, -0.15) is 5.10 Å². The molecule has 4 aromatic rings. The van der Waals surface area contributed by atoms with Gasteiger partial charge in [0, 0.05) is 10.6 Å². The molecule has 0 fully saturated rings. The molecule has 0 amide bonds. The normalized spacial score (nSPS) is 15.8. The predicted molar refractivity (Wildman–Crippen MR) is 138 cm³/mol. The van der Waals surface area contributed by atoms with Crippen molar-refractivity contribution in [1.82, 2.24) is 14.5 Å². The smallest absolute Gasteiger partial charge is 0.241 e. The number of nitrogens with one attached hydrogen (secondary N) is 1. The highest BCUT2D eigenvalue weighted by atomic mass is 35.5. The van der Waals surface area contributed by atoms with E-state index in [1.54, 1.807) is 47.1 Å². The summed E-state index contributed by atoms with van der Waals surface area (Å²) < 4.78 is 37.2. The largest absolute Gasteiger partial charge is 0.489 e. The molecule has 0 spiro atoms. The summed E-state index contributed by atoms with van der Waals surface area (Å²) in [6.45, 7) is 2.35. The summed E-state index contributed by atoms with van der Waals surface area (Å²) in [7, 11) is -3.78. The molecule has 1 atom stereocenters. The van der Waals surface area contributed by atoms with Crippen LogP contribution in [-0.4, -0.2) is 24.8 Å². The predicted octanol–water partition coefficient (Wildman–Crippen LogP) is 6.35. The molecule has 5 rings (SSSR count). The average Bonchev–Trinajstić information content (AvgIpc) is 3.10. The fraction of sp³-hybridized carbons (Fsp3) is 0.192. The number of halogens is 2. The van der Waals surface area contributed by atoms with Crippen LogP contribution in [0.4, 0.5) is 0 Å². The molecule has 0 aliphatic carbocycles. The van der Waals surface area contributed by atoms with Gasteiger partial charge in [-0.05, 0) is 56.2 Å². The molecular formula is C26H23Cl2N3O3S. The third kappa shape index (κ3) is 4.82. The summed E-state index contributed by atoms with van der Waals surface area (Å²) in [5.74, 6) is 0.529. The first-order valence-electron chi connectivity index (χ1n) is 11.2. The van der Waals surface area contributed by atoms with Crippen molar-refractivity contribution in [1.29, 1.82) is 0 Å². The summed E-state index contributed by atoms with van der Waals surface area (Å²) in [4.78, 5) is 0.207. The van der Waals surface area contributed by atoms with Crippen LogP contribution in [0.3, 0.4) is 0 Å². The topological polar surface area (TPSA) is 73.2 Å². The van der Waals surface area contributed by atoms with Gasteiger partial charge < -0.3 is 4.74 Å². The lowest BCUT2D eigenvalue weighted by molar-refractivity contribution is 0.316. The summed E-state index contributed by atoms with van der Waals surface area (Å²) >= 11 is 12.7. The molecule has 35 heavy (non-hydrogen) atoms. The van der Waals surface area contributed by atoms with Gasteiger partial charge in [-0.3, -0.25) is 0 Å². The highest BCUT2D eigenvalue weighted by Gasteiger charge is 2.32. The van der Waals surface area contributed by atoms with Crippen molar-refractivity contribution < 1.29 is 13.2 Å². The zero-order valence-corrected chi connectivity index (χ0v) is 21.2. The Morgan fingerprint density at radius 3 is 2.43 bits per heavy atom. The summed E-state index contributed by atoms with van der Waals surface area (Å²) in [6.07, 6.45) is 1.21. The van der Waals surface area contributed by atoms with E-state index >= 15 is 0 Å². The van der Waals surface area contributed by atoms with Crippen molar-refractivity contribution >= 4 is 33.2 Å². The quantitative estimate of drug-likeness (QED) is 0.328. The first-order valence-corrected chi connectivity index (χ1v) is 13.4. The average molecular weight is 528 g/mol. The van der Waals surface area contributed by atoms with Crippen molar-refractivity contribution in [2.75, 3.05) is 6.61 Å². The molecule has 9 heteroatoms. The Morgan fingerprint density at radius 1 is 1.00 bits per heavy atom. The van der Waals surface area contributed by atoms with E-state index in [1.165, 1.54) is 0 Å². The third-order valence-corrected chi connectivity index (χ3v) is 7.97. The number of aromatic nitrogens is 2. The van der Waals surface area contributed by atoms with Gasteiger partial charge in [-0.25, -0.2) is 17.8 Å². The molecule has 180 valence electrons. The van der Waals surface area contributed by atoms with Crippen LogP contribution in [0.2, 0.25) is 10.0 Å². The van der Waals surface area contributed by atoms with Crippen molar-refractivity contribution in [3.05, 3.63) is 94.1 Å². The van der Waals surface area contributed by atoms with Gasteiger partial charge in [0.15, 0.2) is 5.75 Å². The molecule has 1 unspecified atom stereocenters. The standard InChI is InChI=1S/C26H23Cl2N3O3S/c1-17-8-14-20(15-9-17)35(32,33)30-22-6-4-16-34-26-24(22)29-31(23-7-3-2-5-21(23)28)25(26)18-10-12-19(27)13-11-18/h2-3,5,7-15,22,30H,4,6,16H2,1H3. The van der Waals surface area contributed by atoms with Gasteiger partial charge in [0.2, 0.25) is 10.0 Å². The van der Waals surface area contributed by atoms with Gasteiger partial charge >= 0.3 is 0 Å². The number of aryl methyl sites for hydroxylation is 1. The molecule has 1 N–H and O–H groups in total. The first-order chi connectivity index (χ1) is 16.8. The minimum absolute atomic E-state index is 0.207. The van der Waals surface area contributed by atoms with Gasteiger partial charge in [0.05, 0.1) is 28.3 Å². The van der Waals surface area contributed by atoms with E-state index in [2.05, 4.69) is 4.72 Å². The van der Waals surface area contributed by atoms with E-state index < -0.39 is 16.1 Å². The van der Waals surface area contributed by atoms with Crippen LogP contribution in [0, 0.1) is 6.92 Å². The monoisotopic (exact) mass is 527 g/mol. The summed E-state index contributed by atoms with van der Waals surface area (Å²) in [6, 6.07) is 20.9. The summed E-state index contributed by atoms with van der Waals surface area (Å²) in [5, 5.41) is 5.98. The Kier molecular flexibility index (Phi) is 6.59. The van der Waals surface area contributed by atoms with Crippen LogP contribution in [0.5, 0.6) is 5.75 Å². The molecule has 1 aliphatic rings. The molecule has 0 saturated carbocycles. The fourth-order valence-electron chi connectivity index (χ4n) is 4.14. The molecule has 2 heterocycles. The van der Waals surface area contributed by atoms with Gasteiger partial charge in [-0.15, -0.1) is 0 Å². The van der Waals surface area contributed by atoms with Crippen molar-refractivity contribution in [3.8, 4) is 22.7 Å². The number of rotatable bonds is 5. The van der Waals surface area contributed by atoms with Crippen LogP contribution in [-0.2, 0) is 10.0 Å². The number of sulfonamides is 1. The van der Waals surface area contributed by atoms with E-state index in [4.69, 9.17) is 33.0 Å². The molecule has 0 radical (unpaired) electrons. The maximum Gasteiger partial charge on any atom is 0.241 e. The zero-order chi connectivity index (χ0) is 24.6. The molecule has 1 aromatic heterocycles. The minimum atomic E-state index is -3.78. The van der Waals surface area contributed by atoms with Crippen LogP contribution in [0.15, 0.2) is 77.7 Å². The van der Waals surface area contributed by atoms with E-state index in [9.17, 15) is 8.42 Å².